The molecule has 9 heteroatoms. The number of hydrogen-bond donors (Lipinski definition) is 1. The number of benzene rings is 1. The van der Waals surface area contributed by atoms with Gasteiger partial charge in [0.2, 0.25) is 10.0 Å². The van der Waals surface area contributed by atoms with Crippen LogP contribution in [0.3, 0.4) is 0 Å². The van der Waals surface area contributed by atoms with E-state index in [1.165, 1.54) is 4.31 Å². The lowest BCUT2D eigenvalue weighted by Crippen LogP contribution is -2.43. The van der Waals surface area contributed by atoms with Crippen LogP contribution in [-0.2, 0) is 16.2 Å². The molecule has 1 saturated heterocycles. The molecular formula is C13H16ClF3N2O2S. The van der Waals surface area contributed by atoms with Crippen molar-refractivity contribution in [2.75, 3.05) is 20.1 Å². The van der Waals surface area contributed by atoms with Crippen LogP contribution in [0.15, 0.2) is 23.1 Å². The monoisotopic (exact) mass is 356 g/mol. The van der Waals surface area contributed by atoms with Gasteiger partial charge in [-0.15, -0.1) is 0 Å². The van der Waals surface area contributed by atoms with E-state index >= 15 is 0 Å². The number of rotatable bonds is 3. The maximum absolute atomic E-state index is 12.8. The summed E-state index contributed by atoms with van der Waals surface area (Å²) >= 11 is 5.82. The van der Waals surface area contributed by atoms with Gasteiger partial charge >= 0.3 is 6.18 Å². The van der Waals surface area contributed by atoms with Gasteiger partial charge in [-0.2, -0.15) is 17.5 Å². The Morgan fingerprint density at radius 1 is 1.27 bits per heavy atom. The number of sulfonamides is 1. The number of alkyl halides is 3. The molecular weight excluding hydrogens is 341 g/mol. The highest BCUT2D eigenvalue weighted by molar-refractivity contribution is 7.89. The van der Waals surface area contributed by atoms with Gasteiger partial charge in [0, 0.05) is 19.1 Å². The number of halogens is 4. The van der Waals surface area contributed by atoms with Gasteiger partial charge in [-0.05, 0) is 38.1 Å². The van der Waals surface area contributed by atoms with Gasteiger partial charge in [0.15, 0.2) is 0 Å². The molecule has 1 aliphatic heterocycles. The number of nitrogens with one attached hydrogen (secondary N) is 1. The number of nitrogens with zero attached hydrogens (tertiary/aromatic N) is 1. The molecule has 0 saturated carbocycles. The smallest absolute Gasteiger partial charge is 0.317 e. The number of piperidine rings is 1. The van der Waals surface area contributed by atoms with E-state index in [1.807, 2.05) is 0 Å². The standard InChI is InChI=1S/C13H16ClF3N2O2S/c1-18-10-4-6-19(7-5-10)22(20,21)12-8-9(13(15,16)17)2-3-11(12)14/h2-3,8,10,18H,4-7H2,1H3. The zero-order chi connectivity index (χ0) is 16.5. The van der Waals surface area contributed by atoms with Gasteiger partial charge in [0.1, 0.15) is 4.90 Å². The Labute approximate surface area is 132 Å². The lowest BCUT2D eigenvalue weighted by atomic mass is 10.1. The zero-order valence-corrected chi connectivity index (χ0v) is 13.4. The maximum atomic E-state index is 12.8. The quantitative estimate of drug-likeness (QED) is 0.906. The third kappa shape index (κ3) is 3.56. The minimum absolute atomic E-state index is 0.205. The minimum atomic E-state index is -4.62. The third-order valence-electron chi connectivity index (χ3n) is 3.74. The summed E-state index contributed by atoms with van der Waals surface area (Å²) in [6.07, 6.45) is -3.41. The Kier molecular flexibility index (Phi) is 5.06. The second-order valence-electron chi connectivity index (χ2n) is 5.11. The molecule has 1 fully saturated rings. The number of hydrogen-bond acceptors (Lipinski definition) is 3. The molecule has 4 nitrogen and oxygen atoms in total. The average Bonchev–Trinajstić information content (AvgIpc) is 2.46. The van der Waals surface area contributed by atoms with Crippen LogP contribution in [0, 0.1) is 0 Å². The van der Waals surface area contributed by atoms with Crippen molar-refractivity contribution in [3.8, 4) is 0 Å². The first kappa shape index (κ1) is 17.5. The predicted molar refractivity (Wildman–Crippen MR) is 77.3 cm³/mol. The molecule has 0 aliphatic carbocycles. The molecule has 0 radical (unpaired) electrons. The van der Waals surface area contributed by atoms with Crippen molar-refractivity contribution in [3.05, 3.63) is 28.8 Å². The Hall–Kier alpha value is -0.830. The highest BCUT2D eigenvalue weighted by Gasteiger charge is 2.35. The van der Waals surface area contributed by atoms with E-state index in [-0.39, 0.29) is 24.2 Å². The van der Waals surface area contributed by atoms with Crippen LogP contribution < -0.4 is 5.32 Å². The SMILES string of the molecule is CNC1CCN(S(=O)(=O)c2cc(C(F)(F)F)ccc2Cl)CC1. The van der Waals surface area contributed by atoms with Crippen molar-refractivity contribution in [2.24, 2.45) is 0 Å². The molecule has 1 N–H and O–H groups in total. The molecule has 124 valence electrons. The molecule has 2 rings (SSSR count). The van der Waals surface area contributed by atoms with E-state index in [2.05, 4.69) is 5.32 Å². The van der Waals surface area contributed by atoms with Gasteiger partial charge in [0.25, 0.3) is 0 Å². The first-order chi connectivity index (χ1) is 10.2. The van der Waals surface area contributed by atoms with Crippen LogP contribution in [0.2, 0.25) is 5.02 Å². The Balaban J connectivity index is 2.34. The zero-order valence-electron chi connectivity index (χ0n) is 11.8. The molecule has 0 unspecified atom stereocenters. The average molecular weight is 357 g/mol. The fraction of sp³-hybridized carbons (Fsp3) is 0.538. The highest BCUT2D eigenvalue weighted by Crippen LogP contribution is 2.34. The molecule has 1 aromatic rings. The topological polar surface area (TPSA) is 49.4 Å². The molecule has 0 aromatic heterocycles. The highest BCUT2D eigenvalue weighted by atomic mass is 35.5. The molecule has 0 atom stereocenters. The van der Waals surface area contributed by atoms with Gasteiger partial charge in [-0.1, -0.05) is 11.6 Å². The third-order valence-corrected chi connectivity index (χ3v) is 6.12. The van der Waals surface area contributed by atoms with Crippen LogP contribution in [0.4, 0.5) is 13.2 Å². The van der Waals surface area contributed by atoms with Gasteiger partial charge in [-0.25, -0.2) is 8.42 Å². The molecule has 0 bridgehead atoms. The summed E-state index contributed by atoms with van der Waals surface area (Å²) < 4.78 is 64.6. The Bertz CT molecular complexity index is 641. The fourth-order valence-electron chi connectivity index (χ4n) is 2.40. The van der Waals surface area contributed by atoms with Crippen molar-refractivity contribution < 1.29 is 21.6 Å². The molecule has 0 spiro atoms. The van der Waals surface area contributed by atoms with E-state index in [4.69, 9.17) is 11.6 Å². The Morgan fingerprint density at radius 3 is 2.36 bits per heavy atom. The summed E-state index contributed by atoms with van der Waals surface area (Å²) in [5.74, 6) is 0. The minimum Gasteiger partial charge on any atom is -0.317 e. The fourth-order valence-corrected chi connectivity index (χ4v) is 4.37. The van der Waals surface area contributed by atoms with Crippen molar-refractivity contribution in [1.29, 1.82) is 0 Å². The summed E-state index contributed by atoms with van der Waals surface area (Å²) in [6, 6.07) is 2.55. The van der Waals surface area contributed by atoms with Crippen LogP contribution >= 0.6 is 11.6 Å². The van der Waals surface area contributed by atoms with Crippen molar-refractivity contribution >= 4 is 21.6 Å². The van der Waals surface area contributed by atoms with Crippen LogP contribution in [0.25, 0.3) is 0 Å². The molecule has 1 aliphatic rings. The second kappa shape index (κ2) is 6.35. The van der Waals surface area contributed by atoms with Crippen LogP contribution in [-0.4, -0.2) is 38.9 Å². The van der Waals surface area contributed by atoms with Crippen molar-refractivity contribution in [3.63, 3.8) is 0 Å². The lowest BCUT2D eigenvalue weighted by Gasteiger charge is -2.31. The first-order valence-corrected chi connectivity index (χ1v) is 8.52. The Morgan fingerprint density at radius 2 is 1.86 bits per heavy atom. The second-order valence-corrected chi connectivity index (χ2v) is 7.42. The molecule has 22 heavy (non-hydrogen) atoms. The van der Waals surface area contributed by atoms with Crippen LogP contribution in [0.1, 0.15) is 18.4 Å². The van der Waals surface area contributed by atoms with Gasteiger partial charge < -0.3 is 5.32 Å². The molecule has 1 heterocycles. The van der Waals surface area contributed by atoms with E-state index in [0.717, 1.165) is 12.1 Å². The summed E-state index contributed by atoms with van der Waals surface area (Å²) in [4.78, 5) is -0.494. The van der Waals surface area contributed by atoms with E-state index in [9.17, 15) is 21.6 Å². The van der Waals surface area contributed by atoms with Crippen LogP contribution in [0.5, 0.6) is 0 Å². The maximum Gasteiger partial charge on any atom is 0.416 e. The summed E-state index contributed by atoms with van der Waals surface area (Å²) in [6.45, 7) is 0.501. The van der Waals surface area contributed by atoms with Crippen molar-refractivity contribution in [1.82, 2.24) is 9.62 Å². The van der Waals surface area contributed by atoms with Gasteiger partial charge in [-0.3, -0.25) is 0 Å². The predicted octanol–water partition coefficient (Wildman–Crippen LogP) is 2.73. The largest absolute Gasteiger partial charge is 0.416 e. The normalized spacial score (nSPS) is 18.6. The molecule has 0 amide bonds. The lowest BCUT2D eigenvalue weighted by molar-refractivity contribution is -0.137. The summed E-state index contributed by atoms with van der Waals surface area (Å²) in [7, 11) is -2.24. The van der Waals surface area contributed by atoms with E-state index < -0.39 is 26.7 Å². The van der Waals surface area contributed by atoms with Gasteiger partial charge in [0.05, 0.1) is 10.6 Å². The summed E-state index contributed by atoms with van der Waals surface area (Å²) in [5.41, 5.74) is -1.03. The van der Waals surface area contributed by atoms with Crippen molar-refractivity contribution in [2.45, 2.75) is 30.0 Å². The summed E-state index contributed by atoms with van der Waals surface area (Å²) in [5, 5.41) is 2.85. The van der Waals surface area contributed by atoms with E-state index in [1.54, 1.807) is 7.05 Å². The van der Waals surface area contributed by atoms with E-state index in [0.29, 0.717) is 18.9 Å². The molecule has 1 aromatic carbocycles. The first-order valence-electron chi connectivity index (χ1n) is 6.70.